The molecule has 0 bridgehead atoms. The SMILES string of the molecule is CC(C)(C)Nc1ccc(NS(=O)(=O)c2ccc(Cl)c(C(F)(F)F)c2)cn1. The predicted octanol–water partition coefficient (Wildman–Crippen LogP) is 4.77. The number of hydrogen-bond acceptors (Lipinski definition) is 4. The molecular weight excluding hydrogens is 391 g/mol. The number of hydrogen-bond donors (Lipinski definition) is 2. The first-order valence-corrected chi connectivity index (χ1v) is 9.28. The van der Waals surface area contributed by atoms with Gasteiger partial charge in [0.1, 0.15) is 5.82 Å². The second kappa shape index (κ2) is 6.96. The molecule has 26 heavy (non-hydrogen) atoms. The standard InChI is InChI=1S/C16H17ClF3N3O2S/c1-15(2,3)22-14-7-4-10(9-21-14)23-26(24,25)11-5-6-13(17)12(8-11)16(18,19)20/h4-9,23H,1-3H3,(H,21,22). The summed E-state index contributed by atoms with van der Waals surface area (Å²) in [6, 6.07) is 5.41. The monoisotopic (exact) mass is 407 g/mol. The van der Waals surface area contributed by atoms with Crippen LogP contribution in [-0.4, -0.2) is 18.9 Å². The van der Waals surface area contributed by atoms with Crippen LogP contribution in [0.2, 0.25) is 5.02 Å². The summed E-state index contributed by atoms with van der Waals surface area (Å²) in [5.74, 6) is 0.534. The maximum Gasteiger partial charge on any atom is 0.417 e. The Morgan fingerprint density at radius 3 is 2.23 bits per heavy atom. The molecule has 0 aliphatic heterocycles. The van der Waals surface area contributed by atoms with Gasteiger partial charge in [-0.25, -0.2) is 13.4 Å². The van der Waals surface area contributed by atoms with Crippen LogP contribution in [0, 0.1) is 0 Å². The largest absolute Gasteiger partial charge is 0.417 e. The summed E-state index contributed by atoms with van der Waals surface area (Å²) in [6.45, 7) is 5.80. The third-order valence-corrected chi connectivity index (χ3v) is 4.78. The molecule has 2 aromatic rings. The second-order valence-corrected chi connectivity index (χ2v) is 8.64. The fourth-order valence-electron chi connectivity index (χ4n) is 2.02. The van der Waals surface area contributed by atoms with Crippen LogP contribution in [0.1, 0.15) is 26.3 Å². The number of rotatable bonds is 4. The molecule has 0 atom stereocenters. The molecule has 0 saturated carbocycles. The highest BCUT2D eigenvalue weighted by Crippen LogP contribution is 2.36. The molecule has 0 fully saturated rings. The quantitative estimate of drug-likeness (QED) is 0.766. The van der Waals surface area contributed by atoms with Crippen LogP contribution in [0.5, 0.6) is 0 Å². The first-order valence-electron chi connectivity index (χ1n) is 7.42. The lowest BCUT2D eigenvalue weighted by Crippen LogP contribution is -2.26. The lowest BCUT2D eigenvalue weighted by atomic mass is 10.1. The number of benzene rings is 1. The molecule has 5 nitrogen and oxygen atoms in total. The summed E-state index contributed by atoms with van der Waals surface area (Å²) in [7, 11) is -4.23. The Hall–Kier alpha value is -2.00. The number of sulfonamides is 1. The lowest BCUT2D eigenvalue weighted by Gasteiger charge is -2.21. The van der Waals surface area contributed by atoms with E-state index in [-0.39, 0.29) is 11.2 Å². The van der Waals surface area contributed by atoms with Crippen LogP contribution in [0.25, 0.3) is 0 Å². The fraction of sp³-hybridized carbons (Fsp3) is 0.312. The molecule has 1 aromatic carbocycles. The first-order chi connectivity index (χ1) is 11.8. The number of nitrogens with one attached hydrogen (secondary N) is 2. The summed E-state index contributed by atoms with van der Waals surface area (Å²) >= 11 is 5.51. The van der Waals surface area contributed by atoms with Gasteiger partial charge in [-0.05, 0) is 51.1 Å². The molecule has 0 saturated heterocycles. The van der Waals surface area contributed by atoms with Gasteiger partial charge in [0.2, 0.25) is 0 Å². The molecular formula is C16H17ClF3N3O2S. The number of aromatic nitrogens is 1. The zero-order valence-corrected chi connectivity index (χ0v) is 15.7. The van der Waals surface area contributed by atoms with Crippen molar-refractivity contribution in [3.05, 3.63) is 47.1 Å². The summed E-state index contributed by atoms with van der Waals surface area (Å²) in [4.78, 5) is 3.52. The number of anilines is 2. The first kappa shape index (κ1) is 20.3. The van der Waals surface area contributed by atoms with Crippen molar-refractivity contribution in [1.82, 2.24) is 4.98 Å². The molecule has 1 heterocycles. The van der Waals surface area contributed by atoms with Gasteiger partial charge in [0, 0.05) is 5.54 Å². The zero-order valence-electron chi connectivity index (χ0n) is 14.1. The van der Waals surface area contributed by atoms with Gasteiger partial charge < -0.3 is 5.32 Å². The van der Waals surface area contributed by atoms with Crippen LogP contribution in [0.3, 0.4) is 0 Å². The van der Waals surface area contributed by atoms with Gasteiger partial charge in [-0.15, -0.1) is 0 Å². The van der Waals surface area contributed by atoms with Gasteiger partial charge in [-0.1, -0.05) is 11.6 Å². The zero-order chi connectivity index (χ0) is 19.8. The molecule has 2 rings (SSSR count). The van der Waals surface area contributed by atoms with E-state index in [9.17, 15) is 21.6 Å². The third kappa shape index (κ3) is 5.25. The smallest absolute Gasteiger partial charge is 0.365 e. The predicted molar refractivity (Wildman–Crippen MR) is 94.9 cm³/mol. The Morgan fingerprint density at radius 1 is 1.08 bits per heavy atom. The average Bonchev–Trinajstić information content (AvgIpc) is 2.46. The highest BCUT2D eigenvalue weighted by atomic mass is 35.5. The molecule has 0 spiro atoms. The molecule has 142 valence electrons. The Kier molecular flexibility index (Phi) is 5.44. The van der Waals surface area contributed by atoms with E-state index in [1.54, 1.807) is 6.07 Å². The van der Waals surface area contributed by atoms with Crippen LogP contribution >= 0.6 is 11.6 Å². The van der Waals surface area contributed by atoms with Crippen molar-refractivity contribution < 1.29 is 21.6 Å². The minimum atomic E-state index is -4.76. The van der Waals surface area contributed by atoms with E-state index >= 15 is 0 Å². The summed E-state index contributed by atoms with van der Waals surface area (Å²) in [6.07, 6.45) is -3.49. The van der Waals surface area contributed by atoms with E-state index in [0.29, 0.717) is 11.9 Å². The lowest BCUT2D eigenvalue weighted by molar-refractivity contribution is -0.137. The maximum atomic E-state index is 12.9. The summed E-state index contributed by atoms with van der Waals surface area (Å²) in [5.41, 5.74) is -1.33. The van der Waals surface area contributed by atoms with E-state index in [1.165, 1.54) is 12.3 Å². The molecule has 0 amide bonds. The second-order valence-electron chi connectivity index (χ2n) is 6.55. The van der Waals surface area contributed by atoms with Crippen LogP contribution < -0.4 is 10.0 Å². The fourth-order valence-corrected chi connectivity index (χ4v) is 3.31. The van der Waals surface area contributed by atoms with Crippen molar-refractivity contribution >= 4 is 33.1 Å². The van der Waals surface area contributed by atoms with Crippen molar-refractivity contribution in [2.24, 2.45) is 0 Å². The van der Waals surface area contributed by atoms with Crippen molar-refractivity contribution in [3.8, 4) is 0 Å². The minimum Gasteiger partial charge on any atom is -0.365 e. The van der Waals surface area contributed by atoms with E-state index in [4.69, 9.17) is 11.6 Å². The van der Waals surface area contributed by atoms with E-state index in [1.807, 2.05) is 20.8 Å². The third-order valence-electron chi connectivity index (χ3n) is 3.07. The van der Waals surface area contributed by atoms with Crippen LogP contribution in [0.15, 0.2) is 41.4 Å². The Bertz CT molecular complexity index is 892. The van der Waals surface area contributed by atoms with Gasteiger partial charge in [-0.3, -0.25) is 4.72 Å². The van der Waals surface area contributed by atoms with Crippen molar-refractivity contribution in [1.29, 1.82) is 0 Å². The number of halogens is 4. The van der Waals surface area contributed by atoms with E-state index in [0.717, 1.165) is 12.1 Å². The normalized spacial score (nSPS) is 12.7. The van der Waals surface area contributed by atoms with E-state index < -0.39 is 31.7 Å². The van der Waals surface area contributed by atoms with Crippen molar-refractivity contribution in [2.45, 2.75) is 37.4 Å². The molecule has 0 radical (unpaired) electrons. The van der Waals surface area contributed by atoms with Crippen LogP contribution in [-0.2, 0) is 16.2 Å². The van der Waals surface area contributed by atoms with Gasteiger partial charge in [0.15, 0.2) is 0 Å². The topological polar surface area (TPSA) is 71.1 Å². The number of pyridine rings is 1. The van der Waals surface area contributed by atoms with Gasteiger partial charge in [0.25, 0.3) is 10.0 Å². The summed E-state index contributed by atoms with van der Waals surface area (Å²) < 4.78 is 65.6. The van der Waals surface area contributed by atoms with Crippen molar-refractivity contribution in [3.63, 3.8) is 0 Å². The Labute approximate surface area is 154 Å². The number of alkyl halides is 3. The van der Waals surface area contributed by atoms with Crippen LogP contribution in [0.4, 0.5) is 24.7 Å². The molecule has 0 aliphatic carbocycles. The molecule has 0 aliphatic rings. The van der Waals surface area contributed by atoms with Gasteiger partial charge in [0.05, 0.1) is 27.4 Å². The van der Waals surface area contributed by atoms with E-state index in [2.05, 4.69) is 15.0 Å². The minimum absolute atomic E-state index is 0.118. The molecule has 1 aromatic heterocycles. The van der Waals surface area contributed by atoms with Crippen molar-refractivity contribution in [2.75, 3.05) is 10.0 Å². The highest BCUT2D eigenvalue weighted by molar-refractivity contribution is 7.92. The molecule has 10 heteroatoms. The Morgan fingerprint density at radius 2 is 1.73 bits per heavy atom. The highest BCUT2D eigenvalue weighted by Gasteiger charge is 2.34. The molecule has 2 N–H and O–H groups in total. The number of nitrogens with zero attached hydrogens (tertiary/aromatic N) is 1. The molecule has 0 unspecified atom stereocenters. The van der Waals surface area contributed by atoms with Gasteiger partial charge in [-0.2, -0.15) is 13.2 Å². The summed E-state index contributed by atoms with van der Waals surface area (Å²) in [5, 5.41) is 2.53. The Balaban J connectivity index is 2.26. The maximum absolute atomic E-state index is 12.9. The average molecular weight is 408 g/mol. The van der Waals surface area contributed by atoms with Gasteiger partial charge >= 0.3 is 6.18 Å².